The van der Waals surface area contributed by atoms with Crippen LogP contribution >= 0.6 is 0 Å². The second-order valence-electron chi connectivity index (χ2n) is 3.54. The predicted molar refractivity (Wildman–Crippen MR) is 58.9 cm³/mol. The number of hydrogen-bond donors (Lipinski definition) is 3. The molecule has 0 aliphatic rings. The smallest absolute Gasteiger partial charge is 0.311 e. The van der Waals surface area contributed by atoms with Crippen molar-refractivity contribution in [3.63, 3.8) is 0 Å². The molecule has 98 valence electrons. The van der Waals surface area contributed by atoms with E-state index in [2.05, 4.69) is 0 Å². The average Bonchev–Trinajstić information content (AvgIpc) is 2.24. The first-order chi connectivity index (χ1) is 8.21. The summed E-state index contributed by atoms with van der Waals surface area (Å²) in [6.07, 6.45) is -0.676. The minimum absolute atomic E-state index is 0.0000231. The van der Waals surface area contributed by atoms with Crippen LogP contribution in [0.4, 0.5) is 0 Å². The summed E-state index contributed by atoms with van der Waals surface area (Å²) < 4.78 is 30.6. The van der Waals surface area contributed by atoms with E-state index in [9.17, 15) is 18.0 Å². The molecule has 0 bridgehead atoms. The van der Waals surface area contributed by atoms with Gasteiger partial charge in [-0.15, -0.1) is 0 Å². The van der Waals surface area contributed by atoms with Crippen LogP contribution in [0.15, 0.2) is 29.2 Å². The van der Waals surface area contributed by atoms with Crippen molar-refractivity contribution in [2.45, 2.75) is 17.2 Å². The van der Waals surface area contributed by atoms with Crippen LogP contribution in [0.1, 0.15) is 17.9 Å². The zero-order valence-electron chi connectivity index (χ0n) is 8.98. The van der Waals surface area contributed by atoms with Gasteiger partial charge in [0.2, 0.25) is 0 Å². The van der Waals surface area contributed by atoms with E-state index in [-0.39, 0.29) is 5.56 Å². The Morgan fingerprint density at radius 3 is 2.28 bits per heavy atom. The quantitative estimate of drug-likeness (QED) is 0.669. The summed E-state index contributed by atoms with van der Waals surface area (Å²) in [5.74, 6) is -4.08. The number of carboxylic acids is 2. The van der Waals surface area contributed by atoms with Gasteiger partial charge in [0.05, 0.1) is 17.2 Å². The fourth-order valence-corrected chi connectivity index (χ4v) is 1.95. The van der Waals surface area contributed by atoms with Crippen molar-refractivity contribution < 1.29 is 32.8 Å². The summed E-state index contributed by atoms with van der Waals surface area (Å²) in [5, 5.41) is 17.5. The molecule has 0 spiro atoms. The van der Waals surface area contributed by atoms with Crippen LogP contribution in [0, 0.1) is 0 Å². The molecule has 0 aromatic heterocycles. The van der Waals surface area contributed by atoms with Crippen molar-refractivity contribution in [3.8, 4) is 0 Å². The third-order valence-electron chi connectivity index (χ3n) is 2.24. The van der Waals surface area contributed by atoms with Gasteiger partial charge < -0.3 is 10.2 Å². The molecule has 0 fully saturated rings. The first-order valence-electron chi connectivity index (χ1n) is 4.74. The number of carbonyl (C=O) groups is 2. The fraction of sp³-hybridized carbons (Fsp3) is 0.200. The Morgan fingerprint density at radius 2 is 1.83 bits per heavy atom. The van der Waals surface area contributed by atoms with Crippen LogP contribution < -0.4 is 0 Å². The van der Waals surface area contributed by atoms with Crippen LogP contribution in [-0.4, -0.2) is 35.1 Å². The Balaban J connectivity index is 3.22. The van der Waals surface area contributed by atoms with Gasteiger partial charge in [-0.3, -0.25) is 14.1 Å². The highest BCUT2D eigenvalue weighted by atomic mass is 32.2. The molecule has 0 amide bonds. The number of hydrogen-bond acceptors (Lipinski definition) is 4. The maximum Gasteiger partial charge on any atom is 0.311 e. The minimum atomic E-state index is -4.45. The molecule has 0 saturated heterocycles. The van der Waals surface area contributed by atoms with Gasteiger partial charge in [0, 0.05) is 0 Å². The maximum absolute atomic E-state index is 10.9. The van der Waals surface area contributed by atoms with Crippen LogP contribution in [0.25, 0.3) is 0 Å². The van der Waals surface area contributed by atoms with Gasteiger partial charge in [-0.2, -0.15) is 8.42 Å². The van der Waals surface area contributed by atoms with Crippen LogP contribution in [0.5, 0.6) is 0 Å². The van der Waals surface area contributed by atoms with E-state index in [1.807, 2.05) is 0 Å². The topological polar surface area (TPSA) is 129 Å². The van der Waals surface area contributed by atoms with Gasteiger partial charge in [-0.25, -0.2) is 0 Å². The highest BCUT2D eigenvalue weighted by Gasteiger charge is 2.24. The Labute approximate surface area is 102 Å². The molecule has 1 unspecified atom stereocenters. The highest BCUT2D eigenvalue weighted by Crippen LogP contribution is 2.22. The van der Waals surface area contributed by atoms with Crippen molar-refractivity contribution in [3.05, 3.63) is 29.8 Å². The van der Waals surface area contributed by atoms with Crippen molar-refractivity contribution >= 4 is 22.1 Å². The second kappa shape index (κ2) is 5.15. The van der Waals surface area contributed by atoms with E-state index in [0.29, 0.717) is 0 Å². The SMILES string of the molecule is O=C(O)CC(C(=O)O)c1cccc(S(=O)(=O)O)c1. The molecule has 0 saturated carbocycles. The van der Waals surface area contributed by atoms with Gasteiger partial charge in [0.15, 0.2) is 0 Å². The summed E-state index contributed by atoms with van der Waals surface area (Å²) in [7, 11) is -4.45. The third kappa shape index (κ3) is 3.54. The van der Waals surface area contributed by atoms with E-state index in [1.165, 1.54) is 12.1 Å². The summed E-state index contributed by atoms with van der Waals surface area (Å²) >= 11 is 0. The number of rotatable bonds is 5. The number of benzene rings is 1. The Kier molecular flexibility index (Phi) is 4.04. The van der Waals surface area contributed by atoms with Crippen molar-refractivity contribution in [2.75, 3.05) is 0 Å². The van der Waals surface area contributed by atoms with E-state index in [0.717, 1.165) is 12.1 Å². The minimum Gasteiger partial charge on any atom is -0.481 e. The molecule has 1 aromatic rings. The third-order valence-corrected chi connectivity index (χ3v) is 3.08. The van der Waals surface area contributed by atoms with Crippen LogP contribution in [-0.2, 0) is 19.7 Å². The van der Waals surface area contributed by atoms with Crippen molar-refractivity contribution in [1.82, 2.24) is 0 Å². The molecule has 0 radical (unpaired) electrons. The molecule has 0 heterocycles. The van der Waals surface area contributed by atoms with Crippen LogP contribution in [0.2, 0.25) is 0 Å². The van der Waals surface area contributed by atoms with Gasteiger partial charge in [0.1, 0.15) is 0 Å². The fourth-order valence-electron chi connectivity index (χ4n) is 1.41. The van der Waals surface area contributed by atoms with Gasteiger partial charge in [-0.1, -0.05) is 12.1 Å². The van der Waals surface area contributed by atoms with Crippen LogP contribution in [0.3, 0.4) is 0 Å². The largest absolute Gasteiger partial charge is 0.481 e. The normalized spacial score (nSPS) is 12.9. The lowest BCUT2D eigenvalue weighted by molar-refractivity contribution is -0.145. The average molecular weight is 274 g/mol. The molecule has 8 heteroatoms. The van der Waals surface area contributed by atoms with Gasteiger partial charge in [0.25, 0.3) is 10.1 Å². The molecule has 1 aromatic carbocycles. The van der Waals surface area contributed by atoms with Gasteiger partial charge in [-0.05, 0) is 17.7 Å². The predicted octanol–water partition coefficient (Wildman–Crippen LogP) is 0.576. The Bertz CT molecular complexity index is 576. The molecule has 1 rings (SSSR count). The van der Waals surface area contributed by atoms with Crippen molar-refractivity contribution in [2.24, 2.45) is 0 Å². The van der Waals surface area contributed by atoms with E-state index in [4.69, 9.17) is 14.8 Å². The summed E-state index contributed by atoms with van der Waals surface area (Å²) in [6.45, 7) is 0. The first-order valence-corrected chi connectivity index (χ1v) is 6.18. The van der Waals surface area contributed by atoms with E-state index in [1.54, 1.807) is 0 Å². The Hall–Kier alpha value is -1.93. The monoisotopic (exact) mass is 274 g/mol. The molecule has 3 N–H and O–H groups in total. The van der Waals surface area contributed by atoms with E-state index >= 15 is 0 Å². The molecular weight excluding hydrogens is 264 g/mol. The molecule has 7 nitrogen and oxygen atoms in total. The lowest BCUT2D eigenvalue weighted by Gasteiger charge is -2.10. The number of carboxylic acid groups (broad SMARTS) is 2. The van der Waals surface area contributed by atoms with Gasteiger partial charge >= 0.3 is 11.9 Å². The zero-order valence-corrected chi connectivity index (χ0v) is 9.79. The van der Waals surface area contributed by atoms with E-state index < -0.39 is 39.3 Å². The molecule has 18 heavy (non-hydrogen) atoms. The summed E-state index contributed by atoms with van der Waals surface area (Å²) in [5.41, 5.74) is 0.0000231. The standard InChI is InChI=1S/C10H10O7S/c11-9(12)5-8(10(13)14)6-2-1-3-7(4-6)18(15,16)17/h1-4,8H,5H2,(H,11,12)(H,13,14)(H,15,16,17). The molecular formula is C10H10O7S. The lowest BCUT2D eigenvalue weighted by atomic mass is 9.96. The molecule has 0 aliphatic carbocycles. The summed E-state index contributed by atoms with van der Waals surface area (Å²) in [6, 6.07) is 4.54. The zero-order chi connectivity index (χ0) is 13.9. The number of aliphatic carboxylic acids is 2. The molecule has 0 aliphatic heterocycles. The first kappa shape index (κ1) is 14.1. The van der Waals surface area contributed by atoms with Crippen molar-refractivity contribution in [1.29, 1.82) is 0 Å². The summed E-state index contributed by atoms with van der Waals surface area (Å²) in [4.78, 5) is 21.0. The maximum atomic E-state index is 10.9. The Morgan fingerprint density at radius 1 is 1.22 bits per heavy atom. The lowest BCUT2D eigenvalue weighted by Crippen LogP contribution is -2.16. The second-order valence-corrected chi connectivity index (χ2v) is 4.96. The molecule has 1 atom stereocenters. The highest BCUT2D eigenvalue weighted by molar-refractivity contribution is 7.85.